The Morgan fingerprint density at radius 3 is 3.00 bits per heavy atom. The zero-order chi connectivity index (χ0) is 13.0. The van der Waals surface area contributed by atoms with Crippen molar-refractivity contribution >= 4 is 5.91 Å². The summed E-state index contributed by atoms with van der Waals surface area (Å²) in [5.74, 6) is 1.35. The number of fused-ring (bicyclic) bond motifs is 1. The Morgan fingerprint density at radius 2 is 2.22 bits per heavy atom. The molecule has 0 spiro atoms. The lowest BCUT2D eigenvalue weighted by atomic mass is 10.1. The highest BCUT2D eigenvalue weighted by molar-refractivity contribution is 5.75. The molecule has 1 aliphatic rings. The highest BCUT2D eigenvalue weighted by Crippen LogP contribution is 2.34. The van der Waals surface area contributed by atoms with Crippen LogP contribution in [-0.4, -0.2) is 24.4 Å². The summed E-state index contributed by atoms with van der Waals surface area (Å²) in [5.41, 5.74) is 0.769. The van der Waals surface area contributed by atoms with E-state index in [1.165, 1.54) is 0 Å². The third-order valence-corrected chi connectivity index (χ3v) is 2.84. The number of nitrogens with one attached hydrogen (secondary N) is 1. The molecule has 2 rings (SSSR count). The Hall–Kier alpha value is -1.75. The zero-order valence-corrected chi connectivity index (χ0v) is 10.3. The van der Waals surface area contributed by atoms with E-state index in [0.717, 1.165) is 5.56 Å². The van der Waals surface area contributed by atoms with Gasteiger partial charge in [-0.3, -0.25) is 4.79 Å². The topological polar surface area (TPSA) is 67.8 Å². The standard InChI is InChI=1S/C13H17NO4/c1-2-13(16)14-6-5-10(15)9-3-4-11-12(7-9)18-8-17-11/h3-4,7,10,15H,2,5-6,8H2,1H3,(H,14,16). The molecule has 0 aromatic heterocycles. The van der Waals surface area contributed by atoms with Crippen LogP contribution in [0.2, 0.25) is 0 Å². The molecule has 18 heavy (non-hydrogen) atoms. The van der Waals surface area contributed by atoms with Gasteiger partial charge in [-0.05, 0) is 24.1 Å². The van der Waals surface area contributed by atoms with Gasteiger partial charge in [0, 0.05) is 13.0 Å². The van der Waals surface area contributed by atoms with Gasteiger partial charge in [-0.1, -0.05) is 13.0 Å². The fourth-order valence-corrected chi connectivity index (χ4v) is 1.76. The number of carbonyl (C=O) groups is 1. The predicted molar refractivity (Wildman–Crippen MR) is 65.4 cm³/mol. The molecule has 1 unspecified atom stereocenters. The summed E-state index contributed by atoms with van der Waals surface area (Å²) in [5, 5.41) is 12.7. The van der Waals surface area contributed by atoms with Crippen molar-refractivity contribution in [3.8, 4) is 11.5 Å². The number of rotatable bonds is 5. The first kappa shape index (κ1) is 12.7. The lowest BCUT2D eigenvalue weighted by molar-refractivity contribution is -0.120. The fourth-order valence-electron chi connectivity index (χ4n) is 1.76. The van der Waals surface area contributed by atoms with Gasteiger partial charge >= 0.3 is 0 Å². The molecule has 1 aliphatic heterocycles. The number of amides is 1. The molecule has 1 heterocycles. The molecule has 0 bridgehead atoms. The molecule has 0 radical (unpaired) electrons. The first-order valence-corrected chi connectivity index (χ1v) is 6.05. The summed E-state index contributed by atoms with van der Waals surface area (Å²) in [6.45, 7) is 2.48. The molecule has 1 aromatic carbocycles. The van der Waals surface area contributed by atoms with Crippen molar-refractivity contribution in [3.63, 3.8) is 0 Å². The Morgan fingerprint density at radius 1 is 1.44 bits per heavy atom. The summed E-state index contributed by atoms with van der Waals surface area (Å²) < 4.78 is 10.4. The van der Waals surface area contributed by atoms with Crippen molar-refractivity contribution in [1.82, 2.24) is 5.32 Å². The van der Waals surface area contributed by atoms with Crippen molar-refractivity contribution < 1.29 is 19.4 Å². The number of carbonyl (C=O) groups excluding carboxylic acids is 1. The Labute approximate surface area is 106 Å². The van der Waals surface area contributed by atoms with E-state index in [0.29, 0.717) is 30.9 Å². The molecule has 1 aromatic rings. The van der Waals surface area contributed by atoms with E-state index in [1.54, 1.807) is 25.1 Å². The third kappa shape index (κ3) is 2.92. The van der Waals surface area contributed by atoms with Crippen LogP contribution in [0.5, 0.6) is 11.5 Å². The summed E-state index contributed by atoms with van der Waals surface area (Å²) in [6.07, 6.45) is 0.322. The molecular formula is C13H17NO4. The number of aliphatic hydroxyl groups is 1. The molecule has 98 valence electrons. The van der Waals surface area contributed by atoms with E-state index in [-0.39, 0.29) is 12.7 Å². The number of aliphatic hydroxyl groups excluding tert-OH is 1. The van der Waals surface area contributed by atoms with Crippen molar-refractivity contribution in [1.29, 1.82) is 0 Å². The highest BCUT2D eigenvalue weighted by Gasteiger charge is 2.16. The summed E-state index contributed by atoms with van der Waals surface area (Å²) in [6, 6.07) is 5.36. The Kier molecular flexibility index (Phi) is 4.04. The second kappa shape index (κ2) is 5.73. The van der Waals surface area contributed by atoms with Crippen LogP contribution in [0.4, 0.5) is 0 Å². The van der Waals surface area contributed by atoms with E-state index in [1.807, 2.05) is 0 Å². The van der Waals surface area contributed by atoms with Crippen LogP contribution in [0, 0.1) is 0 Å². The summed E-state index contributed by atoms with van der Waals surface area (Å²) >= 11 is 0. The SMILES string of the molecule is CCC(=O)NCCC(O)c1ccc2c(c1)OCO2. The molecule has 0 fully saturated rings. The minimum Gasteiger partial charge on any atom is -0.454 e. The Bertz CT molecular complexity index is 433. The second-order valence-corrected chi connectivity index (χ2v) is 4.12. The number of ether oxygens (including phenoxy) is 2. The maximum Gasteiger partial charge on any atom is 0.231 e. The van der Waals surface area contributed by atoms with Gasteiger partial charge in [-0.25, -0.2) is 0 Å². The molecule has 1 atom stereocenters. The minimum absolute atomic E-state index is 0.00659. The van der Waals surface area contributed by atoms with Crippen molar-refractivity contribution in [3.05, 3.63) is 23.8 Å². The zero-order valence-electron chi connectivity index (χ0n) is 10.3. The van der Waals surface area contributed by atoms with E-state index < -0.39 is 6.10 Å². The lowest BCUT2D eigenvalue weighted by Gasteiger charge is -2.12. The number of hydrogen-bond donors (Lipinski definition) is 2. The molecule has 0 aliphatic carbocycles. The average Bonchev–Trinajstić information content (AvgIpc) is 2.85. The van der Waals surface area contributed by atoms with Gasteiger partial charge in [0.2, 0.25) is 12.7 Å². The molecule has 1 amide bonds. The van der Waals surface area contributed by atoms with Crippen LogP contribution in [0.3, 0.4) is 0 Å². The van der Waals surface area contributed by atoms with E-state index in [9.17, 15) is 9.90 Å². The maximum atomic E-state index is 11.1. The van der Waals surface area contributed by atoms with Crippen LogP contribution in [0.25, 0.3) is 0 Å². The third-order valence-electron chi connectivity index (χ3n) is 2.84. The quantitative estimate of drug-likeness (QED) is 0.829. The van der Waals surface area contributed by atoms with E-state index >= 15 is 0 Å². The fraction of sp³-hybridized carbons (Fsp3) is 0.462. The van der Waals surface area contributed by atoms with Crippen LogP contribution in [0.15, 0.2) is 18.2 Å². The van der Waals surface area contributed by atoms with Crippen LogP contribution in [0.1, 0.15) is 31.4 Å². The van der Waals surface area contributed by atoms with Gasteiger partial charge in [0.25, 0.3) is 0 Å². The molecule has 5 heteroatoms. The Balaban J connectivity index is 1.89. The maximum absolute atomic E-state index is 11.1. The van der Waals surface area contributed by atoms with Crippen LogP contribution >= 0.6 is 0 Å². The summed E-state index contributed by atoms with van der Waals surface area (Å²) in [4.78, 5) is 11.1. The largest absolute Gasteiger partial charge is 0.454 e. The van der Waals surface area contributed by atoms with Crippen molar-refractivity contribution in [2.45, 2.75) is 25.9 Å². The van der Waals surface area contributed by atoms with Crippen molar-refractivity contribution in [2.75, 3.05) is 13.3 Å². The first-order chi connectivity index (χ1) is 8.70. The smallest absolute Gasteiger partial charge is 0.231 e. The molecular weight excluding hydrogens is 234 g/mol. The van der Waals surface area contributed by atoms with Gasteiger partial charge in [0.15, 0.2) is 11.5 Å². The number of benzene rings is 1. The minimum atomic E-state index is -0.614. The number of hydrogen-bond acceptors (Lipinski definition) is 4. The van der Waals surface area contributed by atoms with Crippen LogP contribution < -0.4 is 14.8 Å². The van der Waals surface area contributed by atoms with E-state index in [4.69, 9.17) is 9.47 Å². The van der Waals surface area contributed by atoms with E-state index in [2.05, 4.69) is 5.32 Å². The van der Waals surface area contributed by atoms with Gasteiger partial charge in [-0.15, -0.1) is 0 Å². The van der Waals surface area contributed by atoms with Gasteiger partial charge in [0.05, 0.1) is 6.10 Å². The second-order valence-electron chi connectivity index (χ2n) is 4.12. The van der Waals surface area contributed by atoms with Gasteiger partial charge < -0.3 is 19.9 Å². The molecule has 0 saturated heterocycles. The molecule has 0 saturated carbocycles. The highest BCUT2D eigenvalue weighted by atomic mass is 16.7. The molecule has 2 N–H and O–H groups in total. The molecule has 5 nitrogen and oxygen atoms in total. The first-order valence-electron chi connectivity index (χ1n) is 6.05. The van der Waals surface area contributed by atoms with Crippen molar-refractivity contribution in [2.24, 2.45) is 0 Å². The summed E-state index contributed by atoms with van der Waals surface area (Å²) in [7, 11) is 0. The predicted octanol–water partition coefficient (Wildman–Crippen LogP) is 1.36. The van der Waals surface area contributed by atoms with Gasteiger partial charge in [-0.2, -0.15) is 0 Å². The lowest BCUT2D eigenvalue weighted by Crippen LogP contribution is -2.24. The monoisotopic (exact) mass is 251 g/mol. The van der Waals surface area contributed by atoms with Gasteiger partial charge in [0.1, 0.15) is 0 Å². The van der Waals surface area contributed by atoms with Crippen LogP contribution in [-0.2, 0) is 4.79 Å². The average molecular weight is 251 g/mol. The normalized spacial score (nSPS) is 14.3.